The van der Waals surface area contributed by atoms with E-state index in [2.05, 4.69) is 0 Å². The molecule has 0 fully saturated rings. The predicted molar refractivity (Wildman–Crippen MR) is 60.2 cm³/mol. The molecule has 6 heteroatoms. The van der Waals surface area contributed by atoms with Gasteiger partial charge in [0.1, 0.15) is 5.75 Å². The second-order valence-corrected chi connectivity index (χ2v) is 5.40. The van der Waals surface area contributed by atoms with Crippen molar-refractivity contribution in [1.29, 1.82) is 0 Å². The summed E-state index contributed by atoms with van der Waals surface area (Å²) in [5, 5.41) is 0. The molecule has 0 radical (unpaired) electrons. The normalized spacial score (nSPS) is 11.3. The number of hydrogen-bond acceptors (Lipinski definition) is 4. The quantitative estimate of drug-likeness (QED) is 0.645. The lowest BCUT2D eigenvalue weighted by Crippen LogP contribution is -2.08. The smallest absolute Gasteiger partial charge is 0.179 e. The Bertz CT molecular complexity index is 445. The highest BCUT2D eigenvalue weighted by atomic mass is 35.5. The molecule has 0 amide bonds. The number of nitrogens with two attached hydrogens (primary N) is 1. The molecule has 0 aliphatic rings. The van der Waals surface area contributed by atoms with Gasteiger partial charge in [-0.3, -0.25) is 0 Å². The number of methoxy groups -OCH3 is 1. The van der Waals surface area contributed by atoms with Crippen molar-refractivity contribution in [1.82, 2.24) is 0 Å². The fraction of sp³-hybridized carbons (Fsp3) is 0.333. The second-order valence-electron chi connectivity index (χ2n) is 2.91. The first-order chi connectivity index (χ1) is 7.01. The molecule has 0 spiro atoms. The van der Waals surface area contributed by atoms with Crippen LogP contribution in [0.3, 0.4) is 0 Å². The minimum Gasteiger partial charge on any atom is -0.495 e. The van der Waals surface area contributed by atoms with Gasteiger partial charge in [0, 0.05) is 5.88 Å². The highest BCUT2D eigenvalue weighted by Gasteiger charge is 2.14. The van der Waals surface area contributed by atoms with Crippen molar-refractivity contribution in [3.8, 4) is 5.75 Å². The number of nitrogen functional groups attached to an aromatic ring is 1. The maximum atomic E-state index is 11.6. The third-order valence-electron chi connectivity index (χ3n) is 1.91. The van der Waals surface area contributed by atoms with Gasteiger partial charge in [0.15, 0.2) is 9.84 Å². The highest BCUT2D eigenvalue weighted by Crippen LogP contribution is 2.24. The van der Waals surface area contributed by atoms with Crippen LogP contribution >= 0.6 is 11.6 Å². The Morgan fingerprint density at radius 1 is 1.47 bits per heavy atom. The van der Waals surface area contributed by atoms with Gasteiger partial charge in [-0.05, 0) is 18.2 Å². The summed E-state index contributed by atoms with van der Waals surface area (Å²) in [7, 11) is -1.85. The van der Waals surface area contributed by atoms with Crippen molar-refractivity contribution in [3.05, 3.63) is 18.2 Å². The Morgan fingerprint density at radius 3 is 2.60 bits per heavy atom. The van der Waals surface area contributed by atoms with Gasteiger partial charge in [0.25, 0.3) is 0 Å². The molecule has 0 aromatic heterocycles. The second kappa shape index (κ2) is 4.72. The van der Waals surface area contributed by atoms with Gasteiger partial charge in [-0.1, -0.05) is 0 Å². The number of benzene rings is 1. The van der Waals surface area contributed by atoms with Gasteiger partial charge < -0.3 is 10.5 Å². The first-order valence-corrected chi connectivity index (χ1v) is 6.42. The Kier molecular flexibility index (Phi) is 3.82. The van der Waals surface area contributed by atoms with E-state index in [0.29, 0.717) is 11.4 Å². The van der Waals surface area contributed by atoms with E-state index in [1.165, 1.54) is 25.3 Å². The number of halogens is 1. The van der Waals surface area contributed by atoms with Gasteiger partial charge in [-0.25, -0.2) is 8.42 Å². The average molecular weight is 250 g/mol. The number of anilines is 1. The summed E-state index contributed by atoms with van der Waals surface area (Å²) < 4.78 is 28.1. The van der Waals surface area contributed by atoms with Crippen LogP contribution in [0.15, 0.2) is 23.1 Å². The van der Waals surface area contributed by atoms with E-state index in [-0.39, 0.29) is 16.5 Å². The fourth-order valence-electron chi connectivity index (χ4n) is 1.13. The molecule has 0 atom stereocenters. The summed E-state index contributed by atoms with van der Waals surface area (Å²) in [5.74, 6) is 0.425. The summed E-state index contributed by atoms with van der Waals surface area (Å²) in [5.41, 5.74) is 5.90. The molecule has 0 unspecified atom stereocenters. The largest absolute Gasteiger partial charge is 0.495 e. The zero-order valence-electron chi connectivity index (χ0n) is 8.23. The first kappa shape index (κ1) is 12.1. The molecule has 1 aromatic rings. The molecule has 1 rings (SSSR count). The van der Waals surface area contributed by atoms with E-state index in [9.17, 15) is 8.42 Å². The molecule has 0 saturated heterocycles. The molecule has 84 valence electrons. The SMILES string of the molecule is COc1ccc(S(=O)(=O)CCCl)cc1N. The van der Waals surface area contributed by atoms with E-state index < -0.39 is 9.84 Å². The van der Waals surface area contributed by atoms with Crippen molar-refractivity contribution < 1.29 is 13.2 Å². The number of rotatable bonds is 4. The summed E-state index contributed by atoms with van der Waals surface area (Å²) in [4.78, 5) is 0.168. The molecule has 0 heterocycles. The monoisotopic (exact) mass is 249 g/mol. The molecule has 15 heavy (non-hydrogen) atoms. The number of sulfone groups is 1. The molecule has 1 aromatic carbocycles. The van der Waals surface area contributed by atoms with Crippen LogP contribution in [0, 0.1) is 0 Å². The Morgan fingerprint density at radius 2 is 2.13 bits per heavy atom. The minimum absolute atomic E-state index is 0.0638. The van der Waals surface area contributed by atoms with Gasteiger partial charge >= 0.3 is 0 Å². The molecule has 0 aliphatic heterocycles. The van der Waals surface area contributed by atoms with Gasteiger partial charge in [-0.2, -0.15) is 0 Å². The van der Waals surface area contributed by atoms with Crippen molar-refractivity contribution in [2.24, 2.45) is 0 Å². The minimum atomic E-state index is -3.33. The molecular weight excluding hydrogens is 238 g/mol. The van der Waals surface area contributed by atoms with Crippen LogP contribution in [0.1, 0.15) is 0 Å². The molecule has 2 N–H and O–H groups in total. The molecular formula is C9H12ClNO3S. The van der Waals surface area contributed by atoms with Crippen LogP contribution < -0.4 is 10.5 Å². The summed E-state index contributed by atoms with van der Waals surface area (Å²) in [6.07, 6.45) is 0. The number of ether oxygens (including phenoxy) is 1. The Labute approximate surface area is 93.9 Å². The Hall–Kier alpha value is -0.940. The summed E-state index contributed by atoms with van der Waals surface area (Å²) in [6, 6.07) is 4.36. The van der Waals surface area contributed by atoms with Crippen molar-refractivity contribution >= 4 is 27.1 Å². The number of hydrogen-bond donors (Lipinski definition) is 1. The molecule has 4 nitrogen and oxygen atoms in total. The van der Waals surface area contributed by atoms with Crippen LogP contribution in [0.5, 0.6) is 5.75 Å². The van der Waals surface area contributed by atoms with E-state index in [1.807, 2.05) is 0 Å². The van der Waals surface area contributed by atoms with Crippen molar-refractivity contribution in [2.45, 2.75) is 4.90 Å². The van der Waals surface area contributed by atoms with E-state index >= 15 is 0 Å². The van der Waals surface area contributed by atoms with E-state index in [4.69, 9.17) is 22.1 Å². The topological polar surface area (TPSA) is 69.4 Å². The maximum Gasteiger partial charge on any atom is 0.179 e. The van der Waals surface area contributed by atoms with Crippen molar-refractivity contribution in [3.63, 3.8) is 0 Å². The average Bonchev–Trinajstić information content (AvgIpc) is 2.17. The van der Waals surface area contributed by atoms with Crippen LogP contribution in [0.25, 0.3) is 0 Å². The molecule has 0 saturated carbocycles. The summed E-state index contributed by atoms with van der Waals surface area (Å²) in [6.45, 7) is 0. The third kappa shape index (κ3) is 2.76. The third-order valence-corrected chi connectivity index (χ3v) is 4.03. The zero-order chi connectivity index (χ0) is 11.5. The summed E-state index contributed by atoms with van der Waals surface area (Å²) >= 11 is 5.40. The van der Waals surface area contributed by atoms with Crippen molar-refractivity contribution in [2.75, 3.05) is 24.5 Å². The van der Waals surface area contributed by atoms with E-state index in [0.717, 1.165) is 0 Å². The fourth-order valence-corrected chi connectivity index (χ4v) is 2.76. The highest BCUT2D eigenvalue weighted by molar-refractivity contribution is 7.91. The molecule has 0 bridgehead atoms. The molecule has 0 aliphatic carbocycles. The lowest BCUT2D eigenvalue weighted by atomic mass is 10.3. The lowest BCUT2D eigenvalue weighted by molar-refractivity contribution is 0.416. The standard InChI is InChI=1S/C9H12ClNO3S/c1-14-9-3-2-7(6-8(9)11)15(12,13)5-4-10/h2-3,6H,4-5,11H2,1H3. The predicted octanol–water partition coefficient (Wildman–Crippen LogP) is 1.29. The maximum absolute atomic E-state index is 11.6. The van der Waals surface area contributed by atoms with E-state index in [1.54, 1.807) is 0 Å². The first-order valence-electron chi connectivity index (χ1n) is 4.23. The van der Waals surface area contributed by atoms with Crippen LogP contribution in [0.2, 0.25) is 0 Å². The van der Waals surface area contributed by atoms with Crippen LogP contribution in [0.4, 0.5) is 5.69 Å². The Balaban J connectivity index is 3.13. The lowest BCUT2D eigenvalue weighted by Gasteiger charge is -2.07. The van der Waals surface area contributed by atoms with Gasteiger partial charge in [0.05, 0.1) is 23.4 Å². The van der Waals surface area contributed by atoms with Crippen LogP contribution in [-0.4, -0.2) is 27.2 Å². The van der Waals surface area contributed by atoms with Gasteiger partial charge in [-0.15, -0.1) is 11.6 Å². The van der Waals surface area contributed by atoms with Crippen LogP contribution in [-0.2, 0) is 9.84 Å². The van der Waals surface area contributed by atoms with Gasteiger partial charge in [0.2, 0.25) is 0 Å². The zero-order valence-corrected chi connectivity index (χ0v) is 9.81. The number of alkyl halides is 1.